The quantitative estimate of drug-likeness (QED) is 0.281. The van der Waals surface area contributed by atoms with Crippen molar-refractivity contribution in [1.29, 1.82) is 0 Å². The van der Waals surface area contributed by atoms with Crippen molar-refractivity contribution in [1.82, 2.24) is 10.2 Å². The van der Waals surface area contributed by atoms with Crippen molar-refractivity contribution in [2.24, 2.45) is 5.92 Å². The fourth-order valence-electron chi connectivity index (χ4n) is 4.71. The first-order chi connectivity index (χ1) is 19.1. The zero-order chi connectivity index (χ0) is 30.5. The molecule has 220 valence electrons. The summed E-state index contributed by atoms with van der Waals surface area (Å²) >= 11 is 0. The molecule has 0 aliphatic heterocycles. The van der Waals surface area contributed by atoms with Gasteiger partial charge in [-0.25, -0.2) is 4.79 Å². The average Bonchev–Trinajstić information content (AvgIpc) is 2.88. The standard InChI is InChI=1S/C33H43N3O5/c1-9-21(2)27(35-31(40)41-33(6,7)8)30(39)36(32(3,4)5)28(25-16-12-13-17-26(25)37)29(38)34-24-19-18-22-14-10-11-15-23(22)20-24/h10-21,27-28,37H,9H2,1-8H3,(H,34,38)(H,35,40). The van der Waals surface area contributed by atoms with Crippen LogP contribution in [0.1, 0.15) is 73.4 Å². The van der Waals surface area contributed by atoms with Crippen LogP contribution in [0.5, 0.6) is 5.75 Å². The van der Waals surface area contributed by atoms with Crippen LogP contribution in [0.4, 0.5) is 10.5 Å². The van der Waals surface area contributed by atoms with Gasteiger partial charge in [-0.15, -0.1) is 0 Å². The zero-order valence-electron chi connectivity index (χ0n) is 25.3. The van der Waals surface area contributed by atoms with Gasteiger partial charge in [0.1, 0.15) is 23.4 Å². The molecule has 3 aromatic carbocycles. The summed E-state index contributed by atoms with van der Waals surface area (Å²) < 4.78 is 5.46. The minimum Gasteiger partial charge on any atom is -0.508 e. The van der Waals surface area contributed by atoms with Crippen LogP contribution in [0.25, 0.3) is 10.8 Å². The molecule has 8 nitrogen and oxygen atoms in total. The van der Waals surface area contributed by atoms with Gasteiger partial charge in [-0.3, -0.25) is 9.59 Å². The van der Waals surface area contributed by atoms with Crippen LogP contribution in [-0.4, -0.2) is 45.1 Å². The predicted molar refractivity (Wildman–Crippen MR) is 163 cm³/mol. The van der Waals surface area contributed by atoms with E-state index in [0.717, 1.165) is 10.8 Å². The molecular formula is C33H43N3O5. The van der Waals surface area contributed by atoms with Gasteiger partial charge < -0.3 is 25.4 Å². The Morgan fingerprint density at radius 1 is 0.902 bits per heavy atom. The topological polar surface area (TPSA) is 108 Å². The number of para-hydroxylation sites is 1. The van der Waals surface area contributed by atoms with Gasteiger partial charge in [0.15, 0.2) is 0 Å². The molecule has 0 radical (unpaired) electrons. The summed E-state index contributed by atoms with van der Waals surface area (Å²) in [5, 5.41) is 18.6. The molecule has 3 atom stereocenters. The van der Waals surface area contributed by atoms with Crippen molar-refractivity contribution in [2.45, 2.75) is 85.0 Å². The smallest absolute Gasteiger partial charge is 0.408 e. The number of fused-ring (bicyclic) bond motifs is 1. The van der Waals surface area contributed by atoms with Gasteiger partial charge in [0.05, 0.1) is 0 Å². The van der Waals surface area contributed by atoms with Crippen molar-refractivity contribution < 1.29 is 24.2 Å². The molecule has 0 fully saturated rings. The number of amides is 3. The van der Waals surface area contributed by atoms with Crippen molar-refractivity contribution >= 4 is 34.4 Å². The van der Waals surface area contributed by atoms with Gasteiger partial charge >= 0.3 is 6.09 Å². The van der Waals surface area contributed by atoms with Crippen LogP contribution in [-0.2, 0) is 14.3 Å². The van der Waals surface area contributed by atoms with E-state index in [1.165, 1.54) is 11.0 Å². The Hall–Kier alpha value is -4.07. The lowest BCUT2D eigenvalue weighted by atomic mass is 9.91. The first-order valence-electron chi connectivity index (χ1n) is 14.0. The molecule has 0 spiro atoms. The monoisotopic (exact) mass is 561 g/mol. The Morgan fingerprint density at radius 3 is 2.10 bits per heavy atom. The maximum Gasteiger partial charge on any atom is 0.408 e. The van der Waals surface area contributed by atoms with Crippen LogP contribution in [0.2, 0.25) is 0 Å². The van der Waals surface area contributed by atoms with Gasteiger partial charge in [0, 0.05) is 16.8 Å². The largest absolute Gasteiger partial charge is 0.508 e. The third kappa shape index (κ3) is 7.99. The molecule has 3 rings (SSSR count). The molecule has 0 bridgehead atoms. The third-order valence-corrected chi connectivity index (χ3v) is 6.87. The molecule has 8 heteroatoms. The molecule has 3 unspecified atom stereocenters. The number of rotatable bonds is 8. The first-order valence-corrected chi connectivity index (χ1v) is 14.0. The van der Waals surface area contributed by atoms with Crippen molar-refractivity contribution in [3.63, 3.8) is 0 Å². The second-order valence-corrected chi connectivity index (χ2v) is 12.4. The lowest BCUT2D eigenvalue weighted by Gasteiger charge is -2.44. The number of aromatic hydroxyl groups is 1. The van der Waals surface area contributed by atoms with Crippen molar-refractivity contribution in [2.75, 3.05) is 5.32 Å². The van der Waals surface area contributed by atoms with Gasteiger partial charge in [0.2, 0.25) is 5.91 Å². The number of hydrogen-bond donors (Lipinski definition) is 3. The second-order valence-electron chi connectivity index (χ2n) is 12.4. The lowest BCUT2D eigenvalue weighted by Crippen LogP contribution is -2.59. The molecule has 0 aromatic heterocycles. The molecule has 0 saturated carbocycles. The first kappa shape index (κ1) is 31.5. The predicted octanol–water partition coefficient (Wildman–Crippen LogP) is 6.79. The van der Waals surface area contributed by atoms with E-state index in [2.05, 4.69) is 10.6 Å². The highest BCUT2D eigenvalue weighted by Gasteiger charge is 2.44. The number of ether oxygens (including phenoxy) is 1. The number of alkyl carbamates (subject to hydrolysis) is 1. The highest BCUT2D eigenvalue weighted by Crippen LogP contribution is 2.36. The van der Waals surface area contributed by atoms with Crippen LogP contribution in [0.3, 0.4) is 0 Å². The summed E-state index contributed by atoms with van der Waals surface area (Å²) in [6.45, 7) is 14.5. The highest BCUT2D eigenvalue weighted by molar-refractivity contribution is 6.01. The van der Waals surface area contributed by atoms with Crippen LogP contribution in [0.15, 0.2) is 66.7 Å². The number of hydrogen-bond acceptors (Lipinski definition) is 5. The molecule has 3 aromatic rings. The Labute approximate surface area is 243 Å². The van der Waals surface area contributed by atoms with Gasteiger partial charge in [-0.05, 0) is 76.4 Å². The van der Waals surface area contributed by atoms with E-state index in [0.29, 0.717) is 12.1 Å². The summed E-state index contributed by atoms with van der Waals surface area (Å²) in [4.78, 5) is 42.9. The maximum atomic E-state index is 14.4. The van der Waals surface area contributed by atoms with Crippen molar-refractivity contribution in [3.05, 3.63) is 72.3 Å². The number of anilines is 1. The van der Waals surface area contributed by atoms with E-state index >= 15 is 0 Å². The fraction of sp³-hybridized carbons (Fsp3) is 0.424. The number of carbonyl (C=O) groups is 3. The van der Waals surface area contributed by atoms with E-state index in [-0.39, 0.29) is 17.2 Å². The number of nitrogens with zero attached hydrogens (tertiary/aromatic N) is 1. The molecule has 3 amide bonds. The SMILES string of the molecule is CCC(C)C(NC(=O)OC(C)(C)C)C(=O)N(C(C(=O)Nc1ccc2ccccc2c1)c1ccccc1O)C(C)(C)C. The van der Waals surface area contributed by atoms with E-state index in [9.17, 15) is 19.5 Å². The van der Waals surface area contributed by atoms with Gasteiger partial charge in [-0.1, -0.05) is 68.8 Å². The Morgan fingerprint density at radius 2 is 1.51 bits per heavy atom. The minimum atomic E-state index is -1.21. The summed E-state index contributed by atoms with van der Waals surface area (Å²) in [6.07, 6.45) is -0.126. The Balaban J connectivity index is 2.09. The maximum absolute atomic E-state index is 14.4. The molecule has 0 aliphatic carbocycles. The summed E-state index contributed by atoms with van der Waals surface area (Å²) in [5.41, 5.74) is -0.809. The lowest BCUT2D eigenvalue weighted by molar-refractivity contribution is -0.148. The molecule has 41 heavy (non-hydrogen) atoms. The molecule has 0 saturated heterocycles. The number of benzene rings is 3. The fourth-order valence-corrected chi connectivity index (χ4v) is 4.71. The Bertz CT molecular complexity index is 1390. The number of phenolic OH excluding ortho intramolecular Hbond substituents is 1. The van der Waals surface area contributed by atoms with Crippen LogP contribution >= 0.6 is 0 Å². The summed E-state index contributed by atoms with van der Waals surface area (Å²) in [5.74, 6) is -1.34. The molecule has 0 heterocycles. The molecule has 3 N–H and O–H groups in total. The van der Waals surface area contributed by atoms with E-state index in [1.54, 1.807) is 45.0 Å². The second kappa shape index (κ2) is 12.6. The third-order valence-electron chi connectivity index (χ3n) is 6.87. The number of carbonyl (C=O) groups excluding carboxylic acids is 3. The van der Waals surface area contributed by atoms with E-state index in [4.69, 9.17) is 4.74 Å². The molecular weight excluding hydrogens is 518 g/mol. The normalized spacial score (nSPS) is 14.0. The highest BCUT2D eigenvalue weighted by atomic mass is 16.6. The number of nitrogens with one attached hydrogen (secondary N) is 2. The van der Waals surface area contributed by atoms with Crippen LogP contribution in [0, 0.1) is 5.92 Å². The van der Waals surface area contributed by atoms with E-state index in [1.807, 2.05) is 71.0 Å². The van der Waals surface area contributed by atoms with Gasteiger partial charge in [-0.2, -0.15) is 0 Å². The van der Waals surface area contributed by atoms with E-state index < -0.39 is 41.1 Å². The molecule has 0 aliphatic rings. The summed E-state index contributed by atoms with van der Waals surface area (Å²) in [6, 6.07) is 17.7. The van der Waals surface area contributed by atoms with Crippen molar-refractivity contribution in [3.8, 4) is 5.75 Å². The summed E-state index contributed by atoms with van der Waals surface area (Å²) in [7, 11) is 0. The average molecular weight is 562 g/mol. The van der Waals surface area contributed by atoms with Crippen LogP contribution < -0.4 is 10.6 Å². The number of phenols is 1. The Kier molecular flexibility index (Phi) is 9.69. The van der Waals surface area contributed by atoms with Gasteiger partial charge in [0.25, 0.3) is 5.91 Å². The zero-order valence-corrected chi connectivity index (χ0v) is 25.3. The minimum absolute atomic E-state index is 0.117.